The number of methoxy groups -OCH3 is 1. The first-order chi connectivity index (χ1) is 18.6. The summed E-state index contributed by atoms with van der Waals surface area (Å²) in [6.45, 7) is 0. The van der Waals surface area contributed by atoms with Crippen LogP contribution in [-0.4, -0.2) is 36.5 Å². The molecule has 1 unspecified atom stereocenters. The van der Waals surface area contributed by atoms with E-state index in [2.05, 4.69) is 0 Å². The Bertz CT molecular complexity index is 1620. The topological polar surface area (TPSA) is 63.7 Å². The second kappa shape index (κ2) is 8.36. The summed E-state index contributed by atoms with van der Waals surface area (Å²) in [6, 6.07) is 24.6. The molecule has 3 atom stereocenters. The van der Waals surface area contributed by atoms with Gasteiger partial charge in [-0.1, -0.05) is 72.8 Å². The number of hydrogen-bond acceptors (Lipinski definition) is 6. The van der Waals surface area contributed by atoms with E-state index in [4.69, 9.17) is 4.74 Å². The highest BCUT2D eigenvalue weighted by molar-refractivity contribution is 7.12. The van der Waals surface area contributed by atoms with Crippen molar-refractivity contribution < 1.29 is 19.1 Å². The third-order valence-corrected chi connectivity index (χ3v) is 9.08. The summed E-state index contributed by atoms with van der Waals surface area (Å²) in [6.07, 6.45) is 3.92. The van der Waals surface area contributed by atoms with E-state index in [1.165, 1.54) is 11.3 Å². The van der Waals surface area contributed by atoms with Gasteiger partial charge >= 0.3 is 0 Å². The Morgan fingerprint density at radius 2 is 1.63 bits per heavy atom. The molecule has 38 heavy (non-hydrogen) atoms. The molecule has 4 aromatic rings. The van der Waals surface area contributed by atoms with Gasteiger partial charge < -0.3 is 9.64 Å². The summed E-state index contributed by atoms with van der Waals surface area (Å²) in [5, 5.41) is 1.88. The highest BCUT2D eigenvalue weighted by Gasteiger charge is 2.71. The van der Waals surface area contributed by atoms with Crippen LogP contribution in [0.5, 0.6) is 5.75 Å². The second-order valence-corrected chi connectivity index (χ2v) is 10.8. The molecule has 6 heteroatoms. The lowest BCUT2D eigenvalue weighted by molar-refractivity contribution is 0.0666. The first-order valence-corrected chi connectivity index (χ1v) is 13.4. The molecule has 3 heterocycles. The fourth-order valence-corrected chi connectivity index (χ4v) is 7.39. The summed E-state index contributed by atoms with van der Waals surface area (Å²) in [5.41, 5.74) is 1.86. The normalized spacial score (nSPS) is 22.3. The van der Waals surface area contributed by atoms with Gasteiger partial charge in [-0.25, -0.2) is 0 Å². The number of rotatable bonds is 4. The number of fused-ring (bicyclic) bond motifs is 5. The number of para-hydroxylation sites is 1. The largest absolute Gasteiger partial charge is 0.497 e. The molecule has 5 nitrogen and oxygen atoms in total. The van der Waals surface area contributed by atoms with Crippen LogP contribution < -0.4 is 9.64 Å². The van der Waals surface area contributed by atoms with Gasteiger partial charge in [0.1, 0.15) is 17.2 Å². The predicted molar refractivity (Wildman–Crippen MR) is 147 cm³/mol. The van der Waals surface area contributed by atoms with Gasteiger partial charge in [0.15, 0.2) is 17.3 Å². The molecule has 1 saturated heterocycles. The summed E-state index contributed by atoms with van der Waals surface area (Å²) < 4.78 is 5.54. The Kier molecular flexibility index (Phi) is 5.03. The summed E-state index contributed by atoms with van der Waals surface area (Å²) in [4.78, 5) is 46.2. The molecule has 1 spiro atoms. The number of thiophene rings is 1. The number of carbonyl (C=O) groups excluding carboxylic acids is 3. The highest BCUT2D eigenvalue weighted by Crippen LogP contribution is 2.61. The minimum Gasteiger partial charge on any atom is -0.497 e. The van der Waals surface area contributed by atoms with E-state index in [9.17, 15) is 14.4 Å². The third-order valence-electron chi connectivity index (χ3n) is 8.20. The van der Waals surface area contributed by atoms with Crippen molar-refractivity contribution in [3.8, 4) is 5.75 Å². The molecule has 1 aliphatic carbocycles. The zero-order valence-electron chi connectivity index (χ0n) is 20.5. The molecule has 0 radical (unpaired) electrons. The van der Waals surface area contributed by atoms with E-state index in [1.807, 2.05) is 83.1 Å². The van der Waals surface area contributed by atoms with Crippen LogP contribution in [0.3, 0.4) is 0 Å². The van der Waals surface area contributed by atoms with Crippen LogP contribution >= 0.6 is 11.3 Å². The van der Waals surface area contributed by atoms with E-state index in [1.54, 1.807) is 31.4 Å². The Balaban J connectivity index is 1.56. The van der Waals surface area contributed by atoms with Gasteiger partial charge in [-0.15, -0.1) is 11.3 Å². The van der Waals surface area contributed by atoms with E-state index in [-0.39, 0.29) is 17.3 Å². The van der Waals surface area contributed by atoms with E-state index in [0.29, 0.717) is 21.8 Å². The van der Waals surface area contributed by atoms with Crippen molar-refractivity contribution >= 4 is 40.4 Å². The number of carbonyl (C=O) groups is 3. The average Bonchev–Trinajstić information content (AvgIpc) is 3.66. The number of Topliss-reactive ketones (excluding diaryl/α,β-unsaturated/α-hetero) is 3. The molecule has 0 amide bonds. The maximum Gasteiger partial charge on any atom is 0.195 e. The van der Waals surface area contributed by atoms with Gasteiger partial charge in [0, 0.05) is 22.7 Å². The van der Waals surface area contributed by atoms with Crippen LogP contribution in [-0.2, 0) is 0 Å². The average molecular weight is 518 g/mol. The summed E-state index contributed by atoms with van der Waals surface area (Å²) in [5.74, 6) is -0.689. The number of anilines is 1. The molecule has 186 valence electrons. The van der Waals surface area contributed by atoms with Gasteiger partial charge in [-0.2, -0.15) is 0 Å². The van der Waals surface area contributed by atoms with E-state index < -0.39 is 23.4 Å². The molecule has 1 aromatic heterocycles. The number of nitrogens with zero attached hydrogens (tertiary/aromatic N) is 1. The van der Waals surface area contributed by atoms with Crippen molar-refractivity contribution in [2.75, 3.05) is 12.0 Å². The zero-order valence-corrected chi connectivity index (χ0v) is 21.4. The molecule has 0 bridgehead atoms. The van der Waals surface area contributed by atoms with Crippen molar-refractivity contribution in [3.63, 3.8) is 0 Å². The minimum absolute atomic E-state index is 0.101. The van der Waals surface area contributed by atoms with Crippen LogP contribution in [0.2, 0.25) is 0 Å². The number of ketones is 3. The molecule has 2 aliphatic heterocycles. The van der Waals surface area contributed by atoms with E-state index in [0.717, 1.165) is 16.8 Å². The van der Waals surface area contributed by atoms with Crippen molar-refractivity contribution in [1.29, 1.82) is 0 Å². The number of hydrogen-bond donors (Lipinski definition) is 0. The van der Waals surface area contributed by atoms with Crippen molar-refractivity contribution in [3.05, 3.63) is 124 Å². The first-order valence-electron chi connectivity index (χ1n) is 12.5. The molecule has 1 fully saturated rings. The summed E-state index contributed by atoms with van der Waals surface area (Å²) >= 11 is 1.37. The SMILES string of the molecule is COc1cccc([C@H]2[C@H](C(=O)c3cccs3)N3c4ccccc4C=CC3C23C(=O)c2ccccc2C3=O)c1. The predicted octanol–water partition coefficient (Wildman–Crippen LogP) is 6.07. The maximum atomic E-state index is 14.6. The van der Waals surface area contributed by atoms with Gasteiger partial charge in [0.25, 0.3) is 0 Å². The molecule has 3 aromatic carbocycles. The monoisotopic (exact) mass is 517 g/mol. The molecular formula is C32H23NO4S. The lowest BCUT2D eigenvalue weighted by Crippen LogP contribution is -2.48. The fraction of sp³-hybridized carbons (Fsp3) is 0.156. The molecule has 7 rings (SSSR count). The van der Waals surface area contributed by atoms with Crippen LogP contribution in [0.25, 0.3) is 6.08 Å². The quantitative estimate of drug-likeness (QED) is 0.243. The third kappa shape index (κ3) is 2.89. The van der Waals surface area contributed by atoms with Gasteiger partial charge in [0.2, 0.25) is 0 Å². The second-order valence-electron chi connectivity index (χ2n) is 9.88. The molecular weight excluding hydrogens is 494 g/mol. The lowest BCUT2D eigenvalue weighted by atomic mass is 9.64. The summed E-state index contributed by atoms with van der Waals surface area (Å²) in [7, 11) is 1.59. The minimum atomic E-state index is -1.50. The standard InChI is InChI=1S/C32H23NO4S/c1-37-21-10-6-9-20(18-21)27-28(29(34)25-14-7-17-38-25)33-24-13-5-2-8-19(24)15-16-26(33)32(27)30(35)22-11-3-4-12-23(22)31(32)36/h2-18,26-28H,1H3/t26?,27-,28+/m0/s1. The van der Waals surface area contributed by atoms with Crippen molar-refractivity contribution in [2.45, 2.75) is 18.0 Å². The Morgan fingerprint density at radius 3 is 2.34 bits per heavy atom. The molecule has 3 aliphatic rings. The Morgan fingerprint density at radius 1 is 0.895 bits per heavy atom. The van der Waals surface area contributed by atoms with E-state index >= 15 is 0 Å². The van der Waals surface area contributed by atoms with Crippen molar-refractivity contribution in [1.82, 2.24) is 0 Å². The van der Waals surface area contributed by atoms with Crippen LogP contribution in [0.1, 0.15) is 47.4 Å². The Hall–Kier alpha value is -4.29. The Labute approximate surface area is 224 Å². The van der Waals surface area contributed by atoms with Crippen LogP contribution in [0, 0.1) is 5.41 Å². The molecule has 0 saturated carbocycles. The number of benzene rings is 3. The zero-order chi connectivity index (χ0) is 26.0. The highest BCUT2D eigenvalue weighted by atomic mass is 32.1. The fourth-order valence-electron chi connectivity index (χ4n) is 6.69. The van der Waals surface area contributed by atoms with Gasteiger partial charge in [0.05, 0.1) is 18.0 Å². The lowest BCUT2D eigenvalue weighted by Gasteiger charge is -2.37. The van der Waals surface area contributed by atoms with Crippen LogP contribution in [0.15, 0.2) is 96.4 Å². The van der Waals surface area contributed by atoms with Gasteiger partial charge in [-0.3, -0.25) is 14.4 Å². The van der Waals surface area contributed by atoms with Crippen LogP contribution in [0.4, 0.5) is 5.69 Å². The number of ether oxygens (including phenoxy) is 1. The van der Waals surface area contributed by atoms with Gasteiger partial charge in [-0.05, 0) is 40.8 Å². The smallest absolute Gasteiger partial charge is 0.195 e. The maximum absolute atomic E-state index is 14.6. The molecule has 0 N–H and O–H groups in total. The first kappa shape index (κ1) is 22.9. The van der Waals surface area contributed by atoms with Crippen molar-refractivity contribution in [2.24, 2.45) is 5.41 Å².